The van der Waals surface area contributed by atoms with E-state index in [1.807, 2.05) is 89.1 Å². The van der Waals surface area contributed by atoms with E-state index in [-0.39, 0.29) is 5.78 Å². The maximum Gasteiger partial charge on any atom is 0.163 e. The number of rotatable bonds is 6. The quantitative estimate of drug-likeness (QED) is 0.210. The summed E-state index contributed by atoms with van der Waals surface area (Å²) in [5.74, 6) is -0.0436. The number of ether oxygens (including phenoxy) is 1. The van der Waals surface area contributed by atoms with Gasteiger partial charge in [0.2, 0.25) is 0 Å². The third-order valence-corrected chi connectivity index (χ3v) is 8.07. The summed E-state index contributed by atoms with van der Waals surface area (Å²) in [7, 11) is 1.92. The maximum atomic E-state index is 13.0. The summed E-state index contributed by atoms with van der Waals surface area (Å²) in [6.07, 6.45) is 2.93. The first kappa shape index (κ1) is 27.2. The van der Waals surface area contributed by atoms with Gasteiger partial charge in [-0.05, 0) is 83.0 Å². The Hall–Kier alpha value is -3.39. The summed E-state index contributed by atoms with van der Waals surface area (Å²) in [6, 6.07) is 13.8. The molecule has 5 aromatic rings. The Labute approximate surface area is 237 Å². The van der Waals surface area contributed by atoms with Crippen LogP contribution in [0.2, 0.25) is 5.02 Å². The van der Waals surface area contributed by atoms with Crippen molar-refractivity contribution in [2.45, 2.75) is 53.2 Å². The van der Waals surface area contributed by atoms with Gasteiger partial charge in [0.15, 0.2) is 5.78 Å². The van der Waals surface area contributed by atoms with Gasteiger partial charge < -0.3 is 4.74 Å². The molecule has 8 heteroatoms. The second kappa shape index (κ2) is 10.3. The van der Waals surface area contributed by atoms with Crippen molar-refractivity contribution in [3.05, 3.63) is 76.7 Å². The average molecular weight is 559 g/mol. The largest absolute Gasteiger partial charge is 0.360 e. The highest BCUT2D eigenvalue weighted by Gasteiger charge is 2.30. The summed E-state index contributed by atoms with van der Waals surface area (Å²) >= 11 is 7.85. The number of thiazole rings is 1. The highest BCUT2D eigenvalue weighted by atomic mass is 35.5. The summed E-state index contributed by atoms with van der Waals surface area (Å²) in [6.45, 7) is 11.5. The Morgan fingerprint density at radius 2 is 1.79 bits per heavy atom. The molecule has 3 heterocycles. The first-order chi connectivity index (χ1) is 18.4. The first-order valence-corrected chi connectivity index (χ1v) is 14.0. The topological polar surface area (TPSA) is 69.9 Å². The second-order valence-electron chi connectivity index (χ2n) is 10.8. The van der Waals surface area contributed by atoms with Crippen LogP contribution >= 0.6 is 22.9 Å². The molecule has 200 valence electrons. The third kappa shape index (κ3) is 5.39. The molecule has 0 bridgehead atoms. The van der Waals surface area contributed by atoms with Gasteiger partial charge in [0.25, 0.3) is 0 Å². The molecular weight excluding hydrogens is 528 g/mol. The fourth-order valence-corrected chi connectivity index (χ4v) is 5.98. The molecule has 0 aliphatic heterocycles. The van der Waals surface area contributed by atoms with Gasteiger partial charge >= 0.3 is 0 Å². The van der Waals surface area contributed by atoms with Gasteiger partial charge in [-0.3, -0.25) is 14.5 Å². The molecule has 0 aliphatic rings. The third-order valence-electron chi connectivity index (χ3n) is 6.68. The maximum absolute atomic E-state index is 13.0. The fourth-order valence-electron chi connectivity index (χ4n) is 4.74. The molecule has 39 heavy (non-hydrogen) atoms. The van der Waals surface area contributed by atoms with Crippen LogP contribution < -0.4 is 0 Å². The van der Waals surface area contributed by atoms with Gasteiger partial charge in [-0.1, -0.05) is 23.7 Å². The van der Waals surface area contributed by atoms with E-state index in [4.69, 9.17) is 21.3 Å². The Bertz CT molecular complexity index is 1700. The standard InChI is InChI=1S/C31H31ClN4O2S/c1-17-14-25-29(39-30(35-25)21-12-13-33-24(15-21)23-16-34-36(7)18(23)2)27(20-8-10-22(32)11-9-20)26(17)28(19(3)37)38-31(4,5)6/h8-16,28H,1-7H3/t28-/m1/s1. The number of Topliss-reactive ketones (excluding diaryl/α,β-unsaturated/α-hetero) is 1. The van der Waals surface area contributed by atoms with Crippen molar-refractivity contribution in [3.8, 4) is 33.0 Å². The molecule has 0 radical (unpaired) electrons. The minimum Gasteiger partial charge on any atom is -0.360 e. The Balaban J connectivity index is 1.74. The van der Waals surface area contributed by atoms with Crippen LogP contribution in [0.3, 0.4) is 0 Å². The Morgan fingerprint density at radius 1 is 1.08 bits per heavy atom. The van der Waals surface area contributed by atoms with Crippen molar-refractivity contribution >= 4 is 38.9 Å². The van der Waals surface area contributed by atoms with Crippen molar-refractivity contribution in [1.29, 1.82) is 0 Å². The minimum absolute atomic E-state index is 0.0436. The molecule has 2 aromatic carbocycles. The molecule has 0 N–H and O–H groups in total. The zero-order valence-electron chi connectivity index (χ0n) is 23.2. The number of hydrogen-bond donors (Lipinski definition) is 0. The van der Waals surface area contributed by atoms with Crippen molar-refractivity contribution in [2.24, 2.45) is 7.05 Å². The molecule has 0 aliphatic carbocycles. The summed E-state index contributed by atoms with van der Waals surface area (Å²) < 4.78 is 9.20. The Morgan fingerprint density at radius 3 is 2.41 bits per heavy atom. The molecule has 0 spiro atoms. The lowest BCUT2D eigenvalue weighted by atomic mass is 9.90. The van der Waals surface area contributed by atoms with Crippen molar-refractivity contribution in [1.82, 2.24) is 19.7 Å². The molecule has 1 atom stereocenters. The Kier molecular flexibility index (Phi) is 7.18. The van der Waals surface area contributed by atoms with Crippen LogP contribution in [0.1, 0.15) is 50.6 Å². The molecule has 0 saturated carbocycles. The van der Waals surface area contributed by atoms with Gasteiger partial charge in [0, 0.05) is 46.2 Å². The van der Waals surface area contributed by atoms with E-state index >= 15 is 0 Å². The lowest BCUT2D eigenvalue weighted by molar-refractivity contribution is -0.138. The zero-order valence-corrected chi connectivity index (χ0v) is 24.7. The normalized spacial score (nSPS) is 12.7. The second-order valence-corrected chi connectivity index (χ2v) is 12.2. The fraction of sp³-hybridized carbons (Fsp3) is 0.290. The number of fused-ring (bicyclic) bond motifs is 1. The van der Waals surface area contributed by atoms with E-state index < -0.39 is 11.7 Å². The highest BCUT2D eigenvalue weighted by molar-refractivity contribution is 7.22. The van der Waals surface area contributed by atoms with E-state index in [2.05, 4.69) is 22.2 Å². The summed E-state index contributed by atoms with van der Waals surface area (Å²) in [5, 5.41) is 5.90. The van der Waals surface area contributed by atoms with Crippen molar-refractivity contribution < 1.29 is 9.53 Å². The molecule has 0 unspecified atom stereocenters. The number of pyridine rings is 1. The number of aryl methyl sites for hydroxylation is 2. The summed E-state index contributed by atoms with van der Waals surface area (Å²) in [5.41, 5.74) is 7.95. The van der Waals surface area contributed by atoms with E-state index in [0.717, 1.165) is 60.0 Å². The first-order valence-electron chi connectivity index (χ1n) is 12.8. The predicted molar refractivity (Wildman–Crippen MR) is 159 cm³/mol. The van der Waals surface area contributed by atoms with Gasteiger partial charge in [0.1, 0.15) is 11.1 Å². The van der Waals surface area contributed by atoms with Crippen LogP contribution in [0.25, 0.3) is 43.2 Å². The number of benzene rings is 2. The zero-order chi connectivity index (χ0) is 28.1. The molecular formula is C31H31ClN4O2S. The molecule has 3 aromatic heterocycles. The van der Waals surface area contributed by atoms with Gasteiger partial charge in [-0.2, -0.15) is 5.10 Å². The van der Waals surface area contributed by atoms with Gasteiger partial charge in [-0.25, -0.2) is 4.98 Å². The smallest absolute Gasteiger partial charge is 0.163 e. The number of aromatic nitrogens is 4. The van der Waals surface area contributed by atoms with Crippen molar-refractivity contribution in [3.63, 3.8) is 0 Å². The van der Waals surface area contributed by atoms with Gasteiger partial charge in [-0.15, -0.1) is 11.3 Å². The number of carbonyl (C=O) groups excluding carboxylic acids is 1. The molecule has 6 nitrogen and oxygen atoms in total. The average Bonchev–Trinajstić information content (AvgIpc) is 3.45. The molecule has 0 fully saturated rings. The number of hydrogen-bond acceptors (Lipinski definition) is 6. The monoisotopic (exact) mass is 558 g/mol. The number of ketones is 1. The lowest BCUT2D eigenvalue weighted by Crippen LogP contribution is -2.27. The molecule has 0 saturated heterocycles. The van der Waals surface area contributed by atoms with Crippen LogP contribution in [0.5, 0.6) is 0 Å². The van der Waals surface area contributed by atoms with Crippen molar-refractivity contribution in [2.75, 3.05) is 0 Å². The molecule has 5 rings (SSSR count). The molecule has 0 amide bonds. The van der Waals surface area contributed by atoms with Crippen LogP contribution in [-0.2, 0) is 16.6 Å². The SMILES string of the molecule is CC(=O)[C@@H](OC(C)(C)C)c1c(C)cc2nc(-c3ccnc(-c4cnn(C)c4C)c3)sc2c1-c1ccc(Cl)cc1. The van der Waals surface area contributed by atoms with Crippen LogP contribution in [0.4, 0.5) is 0 Å². The van der Waals surface area contributed by atoms with Gasteiger partial charge in [0.05, 0.1) is 27.7 Å². The van der Waals surface area contributed by atoms with Crippen LogP contribution in [0, 0.1) is 13.8 Å². The highest BCUT2D eigenvalue weighted by Crippen LogP contribution is 2.44. The van der Waals surface area contributed by atoms with E-state index in [0.29, 0.717) is 5.02 Å². The van der Waals surface area contributed by atoms with E-state index in [9.17, 15) is 4.79 Å². The predicted octanol–water partition coefficient (Wildman–Crippen LogP) is 8.14. The number of halogens is 1. The van der Waals surface area contributed by atoms with E-state index in [1.54, 1.807) is 18.3 Å². The number of nitrogens with zero attached hydrogens (tertiary/aromatic N) is 4. The van der Waals surface area contributed by atoms with Crippen LogP contribution in [0.15, 0.2) is 54.9 Å². The summed E-state index contributed by atoms with van der Waals surface area (Å²) in [4.78, 5) is 22.7. The lowest BCUT2D eigenvalue weighted by Gasteiger charge is -2.29. The van der Waals surface area contributed by atoms with E-state index in [1.165, 1.54) is 0 Å². The number of carbonyl (C=O) groups is 1. The minimum atomic E-state index is -0.716. The van der Waals surface area contributed by atoms with Crippen LogP contribution in [-0.4, -0.2) is 31.1 Å².